The molecule has 0 aliphatic carbocycles. The number of benzene rings is 1. The number of rotatable bonds is 7. The second-order valence-electron chi connectivity index (χ2n) is 5.49. The number of esters is 1. The van der Waals surface area contributed by atoms with Gasteiger partial charge in [-0.15, -0.1) is 5.10 Å². The first-order chi connectivity index (χ1) is 13.1. The summed E-state index contributed by atoms with van der Waals surface area (Å²) >= 11 is 2.74. The Kier molecular flexibility index (Phi) is 6.51. The average molecular weight is 408 g/mol. The molecule has 2 heterocycles. The van der Waals surface area contributed by atoms with Crippen molar-refractivity contribution in [3.05, 3.63) is 41.2 Å². The molecule has 1 aliphatic heterocycles. The number of nitrogens with zero attached hydrogens (tertiary/aromatic N) is 3. The fourth-order valence-electron chi connectivity index (χ4n) is 2.40. The number of nitrogens with one attached hydrogen (secondary N) is 1. The Morgan fingerprint density at radius 3 is 3.07 bits per heavy atom. The number of carbonyl (C=O) groups is 2. The van der Waals surface area contributed by atoms with Gasteiger partial charge in [-0.1, -0.05) is 35.7 Å². The third-order valence-corrected chi connectivity index (χ3v) is 5.66. The second kappa shape index (κ2) is 9.05. The van der Waals surface area contributed by atoms with E-state index >= 15 is 0 Å². The summed E-state index contributed by atoms with van der Waals surface area (Å²) in [4.78, 5) is 29.2. The summed E-state index contributed by atoms with van der Waals surface area (Å²) in [5.74, 6) is 0.510. The summed E-state index contributed by atoms with van der Waals surface area (Å²) in [5, 5.41) is 7.95. The normalized spacial score (nSPS) is 15.6. The molecule has 0 radical (unpaired) electrons. The van der Waals surface area contributed by atoms with Crippen molar-refractivity contribution < 1.29 is 18.7 Å². The molecule has 1 aromatic heterocycles. The standard InChI is InChI=1S/C17H17FN4O3S2/c1-25-15(24)9-14-22(13(23)10-27-14)7-4-8-26-17-19-16(20-21-17)11-5-2-3-6-12(11)18/h2-3,5-6,9H,4,7-8,10H2,1H3,(H,19,20,21)/b14-9+. The second-order valence-corrected chi connectivity index (χ2v) is 7.55. The van der Waals surface area contributed by atoms with Crippen LogP contribution < -0.4 is 0 Å². The van der Waals surface area contributed by atoms with Gasteiger partial charge < -0.3 is 9.64 Å². The molecule has 1 N–H and O–H groups in total. The summed E-state index contributed by atoms with van der Waals surface area (Å²) in [5.41, 5.74) is 0.370. The van der Waals surface area contributed by atoms with E-state index in [1.165, 1.54) is 42.8 Å². The number of thioether (sulfide) groups is 2. The average Bonchev–Trinajstić information content (AvgIpc) is 3.26. The van der Waals surface area contributed by atoms with Crippen LogP contribution in [0, 0.1) is 5.82 Å². The van der Waals surface area contributed by atoms with E-state index in [0.29, 0.717) is 46.0 Å². The van der Waals surface area contributed by atoms with E-state index < -0.39 is 5.97 Å². The predicted molar refractivity (Wildman–Crippen MR) is 101 cm³/mol. The molecule has 1 fully saturated rings. The van der Waals surface area contributed by atoms with Crippen molar-refractivity contribution in [2.45, 2.75) is 11.6 Å². The molecule has 2 aromatic rings. The lowest BCUT2D eigenvalue weighted by molar-refractivity contribution is -0.134. The van der Waals surface area contributed by atoms with Crippen molar-refractivity contribution in [2.24, 2.45) is 0 Å². The maximum absolute atomic E-state index is 13.8. The van der Waals surface area contributed by atoms with E-state index in [9.17, 15) is 14.0 Å². The maximum Gasteiger partial charge on any atom is 0.333 e. The molecule has 142 valence electrons. The van der Waals surface area contributed by atoms with Crippen molar-refractivity contribution >= 4 is 35.4 Å². The molecule has 1 aromatic carbocycles. The highest BCUT2D eigenvalue weighted by molar-refractivity contribution is 8.04. The number of ether oxygens (including phenoxy) is 1. The topological polar surface area (TPSA) is 88.2 Å². The van der Waals surface area contributed by atoms with Gasteiger partial charge >= 0.3 is 5.97 Å². The highest BCUT2D eigenvalue weighted by atomic mass is 32.2. The minimum Gasteiger partial charge on any atom is -0.466 e. The molecular formula is C17H17FN4O3S2. The lowest BCUT2D eigenvalue weighted by Gasteiger charge is -2.16. The van der Waals surface area contributed by atoms with Gasteiger partial charge in [-0.05, 0) is 18.6 Å². The van der Waals surface area contributed by atoms with Gasteiger partial charge in [0.15, 0.2) is 5.82 Å². The van der Waals surface area contributed by atoms with Crippen LogP contribution in [0.5, 0.6) is 0 Å². The molecule has 0 atom stereocenters. The highest BCUT2D eigenvalue weighted by Crippen LogP contribution is 2.29. The SMILES string of the molecule is COC(=O)/C=C1/SCC(=O)N1CCCSc1n[nH]c(-c2ccccc2F)n1. The molecule has 10 heteroatoms. The Morgan fingerprint density at radius 1 is 1.48 bits per heavy atom. The van der Waals surface area contributed by atoms with Crippen LogP contribution in [-0.2, 0) is 14.3 Å². The van der Waals surface area contributed by atoms with E-state index in [-0.39, 0.29) is 11.7 Å². The number of halogens is 1. The van der Waals surface area contributed by atoms with Crippen LogP contribution >= 0.6 is 23.5 Å². The molecule has 1 amide bonds. The third kappa shape index (κ3) is 4.89. The van der Waals surface area contributed by atoms with Gasteiger partial charge in [0, 0.05) is 12.3 Å². The Bertz CT molecular complexity index is 871. The molecule has 0 unspecified atom stereocenters. The van der Waals surface area contributed by atoms with E-state index in [0.717, 1.165) is 0 Å². The smallest absolute Gasteiger partial charge is 0.333 e. The van der Waals surface area contributed by atoms with E-state index in [1.807, 2.05) is 0 Å². The first-order valence-corrected chi connectivity index (χ1v) is 10.1. The minimum absolute atomic E-state index is 0.0279. The van der Waals surface area contributed by atoms with Gasteiger partial charge in [-0.2, -0.15) is 0 Å². The zero-order valence-electron chi connectivity index (χ0n) is 14.5. The number of methoxy groups -OCH3 is 1. The summed E-state index contributed by atoms with van der Waals surface area (Å²) in [7, 11) is 1.30. The van der Waals surface area contributed by atoms with Crippen LogP contribution in [0.15, 0.2) is 40.5 Å². The van der Waals surface area contributed by atoms with Gasteiger partial charge in [0.25, 0.3) is 0 Å². The molecule has 7 nitrogen and oxygen atoms in total. The fraction of sp³-hybridized carbons (Fsp3) is 0.294. The molecule has 1 saturated heterocycles. The Morgan fingerprint density at radius 2 is 2.30 bits per heavy atom. The Hall–Kier alpha value is -2.33. The van der Waals surface area contributed by atoms with Gasteiger partial charge in [0.2, 0.25) is 11.1 Å². The first-order valence-electron chi connectivity index (χ1n) is 8.11. The van der Waals surface area contributed by atoms with Crippen molar-refractivity contribution in [1.29, 1.82) is 0 Å². The number of hydrogen-bond acceptors (Lipinski definition) is 7. The summed E-state index contributed by atoms with van der Waals surface area (Å²) in [6.45, 7) is 0.492. The zero-order valence-corrected chi connectivity index (χ0v) is 16.1. The number of hydrogen-bond donors (Lipinski definition) is 1. The zero-order chi connectivity index (χ0) is 19.2. The number of H-pyrrole nitrogens is 1. The Labute approximate surface area is 163 Å². The van der Waals surface area contributed by atoms with E-state index in [2.05, 4.69) is 19.9 Å². The largest absolute Gasteiger partial charge is 0.466 e. The molecular weight excluding hydrogens is 391 g/mol. The van der Waals surface area contributed by atoms with Gasteiger partial charge in [0.05, 0.1) is 29.5 Å². The number of aromatic nitrogens is 3. The monoisotopic (exact) mass is 408 g/mol. The van der Waals surface area contributed by atoms with E-state index in [1.54, 1.807) is 23.1 Å². The van der Waals surface area contributed by atoms with Gasteiger partial charge in [0.1, 0.15) is 5.82 Å². The summed E-state index contributed by atoms with van der Waals surface area (Å²) in [6, 6.07) is 6.36. The van der Waals surface area contributed by atoms with Crippen LogP contribution in [0.2, 0.25) is 0 Å². The number of amides is 1. The summed E-state index contributed by atoms with van der Waals surface area (Å²) < 4.78 is 18.4. The molecule has 0 bridgehead atoms. The van der Waals surface area contributed by atoms with Crippen molar-refractivity contribution in [1.82, 2.24) is 20.1 Å². The highest BCUT2D eigenvalue weighted by Gasteiger charge is 2.26. The molecule has 0 saturated carbocycles. The minimum atomic E-state index is -0.479. The van der Waals surface area contributed by atoms with Crippen molar-refractivity contribution in [3.8, 4) is 11.4 Å². The van der Waals surface area contributed by atoms with Crippen LogP contribution in [-0.4, -0.2) is 57.1 Å². The van der Waals surface area contributed by atoms with Crippen LogP contribution in [0.1, 0.15) is 6.42 Å². The lowest BCUT2D eigenvalue weighted by atomic mass is 10.2. The lowest BCUT2D eigenvalue weighted by Crippen LogP contribution is -2.26. The van der Waals surface area contributed by atoms with Crippen LogP contribution in [0.3, 0.4) is 0 Å². The van der Waals surface area contributed by atoms with Crippen molar-refractivity contribution in [3.63, 3.8) is 0 Å². The number of aromatic amines is 1. The Balaban J connectivity index is 1.52. The van der Waals surface area contributed by atoms with Crippen LogP contribution in [0.25, 0.3) is 11.4 Å². The van der Waals surface area contributed by atoms with Gasteiger partial charge in [-0.3, -0.25) is 9.89 Å². The number of carbonyl (C=O) groups excluding carboxylic acids is 2. The van der Waals surface area contributed by atoms with E-state index in [4.69, 9.17) is 0 Å². The summed E-state index contributed by atoms with van der Waals surface area (Å²) in [6.07, 6.45) is 2.03. The third-order valence-electron chi connectivity index (χ3n) is 3.70. The molecule has 27 heavy (non-hydrogen) atoms. The molecule has 0 spiro atoms. The molecule has 1 aliphatic rings. The predicted octanol–water partition coefficient (Wildman–Crippen LogP) is 2.68. The quantitative estimate of drug-likeness (QED) is 0.326. The van der Waals surface area contributed by atoms with Crippen LogP contribution in [0.4, 0.5) is 4.39 Å². The maximum atomic E-state index is 13.8. The fourth-order valence-corrected chi connectivity index (χ4v) is 4.08. The van der Waals surface area contributed by atoms with Gasteiger partial charge in [-0.25, -0.2) is 14.2 Å². The van der Waals surface area contributed by atoms with Crippen molar-refractivity contribution in [2.75, 3.05) is 25.2 Å². The first kappa shape index (κ1) is 19.4. The molecule has 3 rings (SSSR count).